The lowest BCUT2D eigenvalue weighted by atomic mass is 10.0. The van der Waals surface area contributed by atoms with Crippen molar-refractivity contribution in [2.75, 3.05) is 19.8 Å². The van der Waals surface area contributed by atoms with Crippen LogP contribution in [-0.2, 0) is 14.3 Å². The summed E-state index contributed by atoms with van der Waals surface area (Å²) in [6.45, 7) is 5.39. The fraction of sp³-hybridized carbons (Fsp3) is 0.909. The second-order valence-corrected chi connectivity index (χ2v) is 18.3. The summed E-state index contributed by atoms with van der Waals surface area (Å²) in [5, 5.41) is 9.66. The molecule has 350 valence electrons. The number of rotatable bonds is 51. The molecule has 0 aliphatic heterocycles. The third-order valence-corrected chi connectivity index (χ3v) is 12.2. The van der Waals surface area contributed by atoms with Crippen LogP contribution in [0.15, 0.2) is 24.3 Å². The largest absolute Gasteiger partial charge is 0.457 e. The number of carbonyl (C=O) groups excluding carboxylic acids is 1. The molecule has 0 aromatic heterocycles. The van der Waals surface area contributed by atoms with Crippen molar-refractivity contribution in [1.82, 2.24) is 0 Å². The first-order chi connectivity index (χ1) is 29.2. The predicted molar refractivity (Wildman–Crippen MR) is 261 cm³/mol. The summed E-state index contributed by atoms with van der Waals surface area (Å²) < 4.78 is 11.2. The highest BCUT2D eigenvalue weighted by atomic mass is 16.6. The molecule has 4 nitrogen and oxygen atoms in total. The highest BCUT2D eigenvalue weighted by Gasteiger charge is 2.13. The molecular weight excluding hydrogens is 725 g/mol. The highest BCUT2D eigenvalue weighted by Crippen LogP contribution is 2.16. The molecular formula is C55H106O4. The van der Waals surface area contributed by atoms with Crippen molar-refractivity contribution in [2.45, 2.75) is 302 Å². The van der Waals surface area contributed by atoms with Gasteiger partial charge in [0.15, 0.2) is 0 Å². The smallest absolute Gasteiger partial charge is 0.306 e. The van der Waals surface area contributed by atoms with E-state index in [1.54, 1.807) is 0 Å². The zero-order valence-corrected chi connectivity index (χ0v) is 40.3. The molecule has 0 aliphatic rings. The van der Waals surface area contributed by atoms with Gasteiger partial charge in [-0.3, -0.25) is 4.79 Å². The van der Waals surface area contributed by atoms with Gasteiger partial charge in [0.25, 0.3) is 0 Å². The Morgan fingerprint density at radius 3 is 0.966 bits per heavy atom. The lowest BCUT2D eigenvalue weighted by Crippen LogP contribution is -2.27. The summed E-state index contributed by atoms with van der Waals surface area (Å²) in [4.78, 5) is 12.3. The predicted octanol–water partition coefficient (Wildman–Crippen LogP) is 18.2. The van der Waals surface area contributed by atoms with Crippen LogP contribution in [0.25, 0.3) is 0 Å². The van der Waals surface area contributed by atoms with E-state index >= 15 is 0 Å². The maximum absolute atomic E-state index is 12.3. The zero-order chi connectivity index (χ0) is 42.6. The molecule has 0 spiro atoms. The van der Waals surface area contributed by atoms with Crippen molar-refractivity contribution >= 4 is 5.97 Å². The molecule has 0 aromatic rings. The molecule has 1 atom stereocenters. The summed E-state index contributed by atoms with van der Waals surface area (Å²) in [5.41, 5.74) is 0. The number of aliphatic hydroxyl groups excluding tert-OH is 1. The van der Waals surface area contributed by atoms with Gasteiger partial charge < -0.3 is 14.6 Å². The van der Waals surface area contributed by atoms with Gasteiger partial charge >= 0.3 is 5.97 Å². The van der Waals surface area contributed by atoms with Crippen LogP contribution in [0.5, 0.6) is 0 Å². The lowest BCUT2D eigenvalue weighted by Gasteiger charge is -2.16. The van der Waals surface area contributed by atoms with Gasteiger partial charge in [-0.15, -0.1) is 0 Å². The topological polar surface area (TPSA) is 55.8 Å². The zero-order valence-electron chi connectivity index (χ0n) is 40.3. The van der Waals surface area contributed by atoms with E-state index in [1.165, 1.54) is 257 Å². The molecule has 0 saturated carbocycles. The molecule has 0 fully saturated rings. The molecule has 1 N–H and O–H groups in total. The van der Waals surface area contributed by atoms with Crippen molar-refractivity contribution < 1.29 is 19.4 Å². The molecule has 1 unspecified atom stereocenters. The normalized spacial score (nSPS) is 12.4. The van der Waals surface area contributed by atoms with E-state index in [9.17, 15) is 9.90 Å². The van der Waals surface area contributed by atoms with E-state index in [4.69, 9.17) is 9.47 Å². The Bertz CT molecular complexity index is 837. The van der Waals surface area contributed by atoms with Crippen molar-refractivity contribution in [2.24, 2.45) is 0 Å². The highest BCUT2D eigenvalue weighted by molar-refractivity contribution is 5.69. The average molecular weight is 831 g/mol. The fourth-order valence-electron chi connectivity index (χ4n) is 8.20. The van der Waals surface area contributed by atoms with E-state index in [1.807, 2.05) is 0 Å². The Morgan fingerprint density at radius 1 is 0.390 bits per heavy atom. The number of esters is 1. The van der Waals surface area contributed by atoms with Crippen molar-refractivity contribution in [3.8, 4) is 0 Å². The van der Waals surface area contributed by atoms with Crippen LogP contribution in [0, 0.1) is 0 Å². The second kappa shape index (κ2) is 53.0. The van der Waals surface area contributed by atoms with Crippen LogP contribution in [-0.4, -0.2) is 37.0 Å². The fourth-order valence-corrected chi connectivity index (χ4v) is 8.20. The third kappa shape index (κ3) is 51.1. The number of ether oxygens (including phenoxy) is 2. The van der Waals surface area contributed by atoms with Crippen molar-refractivity contribution in [1.29, 1.82) is 0 Å². The number of hydrogen-bond donors (Lipinski definition) is 1. The molecule has 0 radical (unpaired) electrons. The van der Waals surface area contributed by atoms with Crippen LogP contribution >= 0.6 is 0 Å². The maximum Gasteiger partial charge on any atom is 0.306 e. The summed E-state index contributed by atoms with van der Waals surface area (Å²) >= 11 is 0. The first-order valence-electron chi connectivity index (χ1n) is 26.9. The van der Waals surface area contributed by atoms with Crippen LogP contribution in [0.3, 0.4) is 0 Å². The van der Waals surface area contributed by atoms with Crippen LogP contribution in [0.4, 0.5) is 0 Å². The first kappa shape index (κ1) is 57.9. The Hall–Kier alpha value is -1.13. The average Bonchev–Trinajstić information content (AvgIpc) is 3.24. The van der Waals surface area contributed by atoms with Crippen molar-refractivity contribution in [3.63, 3.8) is 0 Å². The molecule has 0 aliphatic carbocycles. The van der Waals surface area contributed by atoms with Gasteiger partial charge in [-0.1, -0.05) is 250 Å². The lowest BCUT2D eigenvalue weighted by molar-refractivity contribution is -0.154. The van der Waals surface area contributed by atoms with Gasteiger partial charge in [-0.2, -0.15) is 0 Å². The van der Waals surface area contributed by atoms with Gasteiger partial charge in [0.2, 0.25) is 0 Å². The minimum Gasteiger partial charge on any atom is -0.457 e. The second-order valence-electron chi connectivity index (χ2n) is 18.3. The van der Waals surface area contributed by atoms with Gasteiger partial charge in [0, 0.05) is 13.0 Å². The minimum absolute atomic E-state index is 0.168. The van der Waals surface area contributed by atoms with Crippen LogP contribution in [0.1, 0.15) is 296 Å². The monoisotopic (exact) mass is 831 g/mol. The maximum atomic E-state index is 12.3. The van der Waals surface area contributed by atoms with Crippen molar-refractivity contribution in [3.05, 3.63) is 24.3 Å². The molecule has 0 bridgehead atoms. The summed E-state index contributed by atoms with van der Waals surface area (Å²) in [6, 6.07) is 0. The van der Waals surface area contributed by atoms with E-state index in [-0.39, 0.29) is 12.6 Å². The molecule has 59 heavy (non-hydrogen) atoms. The Kier molecular flexibility index (Phi) is 52.0. The SMILES string of the molecule is CCCCCCCCCC/C=C\CCCCCCCCCCCCCCOCC(CO)OC(=O)CCCCCCCCCCCCC/C=C\CCCCCCCCCC. The van der Waals surface area contributed by atoms with E-state index < -0.39 is 6.10 Å². The Morgan fingerprint density at radius 2 is 0.661 bits per heavy atom. The summed E-state index contributed by atoms with van der Waals surface area (Å²) in [7, 11) is 0. The van der Waals surface area contributed by atoms with Gasteiger partial charge in [-0.05, 0) is 64.2 Å². The quantitative estimate of drug-likeness (QED) is 0.0377. The number of allylic oxidation sites excluding steroid dienone is 4. The number of aliphatic hydroxyl groups is 1. The molecule has 4 heteroatoms. The molecule has 0 saturated heterocycles. The standard InChI is InChI=1S/C55H106O4/c1-3-5-7-9-11-13-15-17-19-21-23-25-27-29-31-33-35-37-39-41-43-45-47-49-51-58-53-54(52-56)59-55(57)50-48-46-44-42-40-38-36-34-32-30-28-26-24-22-20-18-16-14-12-10-8-6-4-2/h21-24,54,56H,3-20,25-53H2,1-2H3/b23-21-,24-22-. The molecule has 0 heterocycles. The third-order valence-electron chi connectivity index (χ3n) is 12.2. The van der Waals surface area contributed by atoms with Gasteiger partial charge in [0.1, 0.15) is 6.10 Å². The summed E-state index contributed by atoms with van der Waals surface area (Å²) in [5.74, 6) is -0.195. The number of hydrogen-bond acceptors (Lipinski definition) is 4. The van der Waals surface area contributed by atoms with Crippen LogP contribution < -0.4 is 0 Å². The number of carbonyl (C=O) groups is 1. The Balaban J connectivity index is 3.36. The summed E-state index contributed by atoms with van der Waals surface area (Å²) in [6.07, 6.45) is 67.1. The number of unbranched alkanes of at least 4 members (excludes halogenated alkanes) is 39. The van der Waals surface area contributed by atoms with E-state index in [2.05, 4.69) is 38.2 Å². The van der Waals surface area contributed by atoms with E-state index in [0.717, 1.165) is 19.3 Å². The molecule has 0 amide bonds. The van der Waals surface area contributed by atoms with Gasteiger partial charge in [0.05, 0.1) is 13.2 Å². The minimum atomic E-state index is -0.533. The Labute approximate surface area is 370 Å². The molecule has 0 aromatic carbocycles. The molecule has 0 rings (SSSR count). The van der Waals surface area contributed by atoms with Gasteiger partial charge in [-0.25, -0.2) is 0 Å². The van der Waals surface area contributed by atoms with Crippen LogP contribution in [0.2, 0.25) is 0 Å². The first-order valence-corrected chi connectivity index (χ1v) is 26.9. The van der Waals surface area contributed by atoms with E-state index in [0.29, 0.717) is 19.6 Å².